The lowest BCUT2D eigenvalue weighted by Gasteiger charge is -2.33. The van der Waals surface area contributed by atoms with Gasteiger partial charge in [0.25, 0.3) is 5.91 Å². The summed E-state index contributed by atoms with van der Waals surface area (Å²) >= 11 is 1.43. The third-order valence-corrected chi connectivity index (χ3v) is 7.08. The van der Waals surface area contributed by atoms with Crippen LogP contribution in [0.1, 0.15) is 27.0 Å². The van der Waals surface area contributed by atoms with E-state index in [2.05, 4.69) is 11.4 Å². The van der Waals surface area contributed by atoms with Crippen LogP contribution < -0.4 is 15.8 Å². The molecular weight excluding hydrogens is 396 g/mol. The summed E-state index contributed by atoms with van der Waals surface area (Å²) in [6.45, 7) is 6.70. The molecule has 1 fully saturated rings. The maximum Gasteiger partial charge on any atom is 0.258 e. The first kappa shape index (κ1) is 18.9. The van der Waals surface area contributed by atoms with Gasteiger partial charge < -0.3 is 20.7 Å². The van der Waals surface area contributed by atoms with Gasteiger partial charge in [-0.2, -0.15) is 5.26 Å². The lowest BCUT2D eigenvalue weighted by molar-refractivity contribution is 0.0606. The van der Waals surface area contributed by atoms with Gasteiger partial charge in [0.1, 0.15) is 23.4 Å². The summed E-state index contributed by atoms with van der Waals surface area (Å²) in [6, 6.07) is 10.2. The molecule has 2 aromatic carbocycles. The van der Waals surface area contributed by atoms with E-state index in [4.69, 9.17) is 10.5 Å². The van der Waals surface area contributed by atoms with Gasteiger partial charge in [-0.25, -0.2) is 0 Å². The molecule has 0 bridgehead atoms. The Labute approximate surface area is 178 Å². The highest BCUT2D eigenvalue weighted by Crippen LogP contribution is 2.44. The molecule has 0 aliphatic carbocycles. The van der Waals surface area contributed by atoms with Gasteiger partial charge in [0.15, 0.2) is 0 Å². The number of ether oxygens (including phenoxy) is 1. The average Bonchev–Trinajstić information content (AvgIpc) is 3.00. The minimum absolute atomic E-state index is 0.0300. The number of nitrogen functional groups attached to an aromatic ring is 1. The number of anilines is 1. The molecule has 2 aliphatic rings. The zero-order chi connectivity index (χ0) is 21.0. The van der Waals surface area contributed by atoms with Gasteiger partial charge >= 0.3 is 0 Å². The summed E-state index contributed by atoms with van der Waals surface area (Å²) in [7, 11) is 0. The van der Waals surface area contributed by atoms with Crippen LogP contribution in [0.4, 0.5) is 5.00 Å². The number of benzene rings is 2. The first-order valence-corrected chi connectivity index (χ1v) is 10.8. The predicted octanol–water partition coefficient (Wildman–Crippen LogP) is 3.45. The van der Waals surface area contributed by atoms with E-state index in [1.165, 1.54) is 11.3 Å². The fourth-order valence-corrected chi connectivity index (χ4v) is 5.67. The van der Waals surface area contributed by atoms with Crippen molar-refractivity contribution in [3.63, 3.8) is 0 Å². The van der Waals surface area contributed by atoms with Crippen LogP contribution in [0.15, 0.2) is 24.3 Å². The van der Waals surface area contributed by atoms with Crippen molar-refractivity contribution in [2.45, 2.75) is 19.9 Å². The number of carbonyl (C=O) groups is 1. The largest absolute Gasteiger partial charge is 0.490 e. The number of rotatable bonds is 1. The number of thiophene rings is 1. The van der Waals surface area contributed by atoms with E-state index in [-0.39, 0.29) is 11.9 Å². The molecule has 30 heavy (non-hydrogen) atoms. The highest BCUT2D eigenvalue weighted by atomic mass is 32.1. The van der Waals surface area contributed by atoms with Crippen molar-refractivity contribution >= 4 is 32.3 Å². The Kier molecular flexibility index (Phi) is 4.42. The molecule has 1 atom stereocenters. The second-order valence-electron chi connectivity index (χ2n) is 7.87. The van der Waals surface area contributed by atoms with Crippen LogP contribution in [0.5, 0.6) is 5.75 Å². The maximum atomic E-state index is 13.3. The molecule has 6 nitrogen and oxygen atoms in total. The molecule has 7 heteroatoms. The Balaban J connectivity index is 1.74. The number of nitriles is 1. The Bertz CT molecular complexity index is 1240. The highest BCUT2D eigenvalue weighted by Gasteiger charge is 2.34. The summed E-state index contributed by atoms with van der Waals surface area (Å²) in [5.41, 5.74) is 11.1. The van der Waals surface area contributed by atoms with Crippen LogP contribution in [-0.2, 0) is 0 Å². The van der Waals surface area contributed by atoms with Crippen LogP contribution in [0, 0.1) is 25.2 Å². The molecule has 0 radical (unpaired) electrons. The molecule has 1 saturated heterocycles. The van der Waals surface area contributed by atoms with E-state index < -0.39 is 0 Å². The lowest BCUT2D eigenvalue weighted by Crippen LogP contribution is -2.54. The monoisotopic (exact) mass is 418 g/mol. The van der Waals surface area contributed by atoms with Crippen LogP contribution in [-0.4, -0.2) is 43.1 Å². The van der Waals surface area contributed by atoms with Crippen molar-refractivity contribution in [2.24, 2.45) is 0 Å². The van der Waals surface area contributed by atoms with E-state index in [0.29, 0.717) is 35.0 Å². The average molecular weight is 419 g/mol. The van der Waals surface area contributed by atoms with Crippen molar-refractivity contribution in [3.05, 3.63) is 46.5 Å². The molecular formula is C23H22N4O2S. The molecule has 3 heterocycles. The van der Waals surface area contributed by atoms with Crippen LogP contribution in [0.2, 0.25) is 0 Å². The molecule has 0 unspecified atom stereocenters. The smallest absolute Gasteiger partial charge is 0.258 e. The quantitative estimate of drug-likeness (QED) is 0.632. The van der Waals surface area contributed by atoms with Crippen molar-refractivity contribution in [1.82, 2.24) is 10.2 Å². The Hall–Kier alpha value is -3.08. The molecule has 0 spiro atoms. The highest BCUT2D eigenvalue weighted by molar-refractivity contribution is 7.23. The number of amides is 1. The Morgan fingerprint density at radius 3 is 2.97 bits per heavy atom. The molecule has 0 saturated carbocycles. The first-order chi connectivity index (χ1) is 14.5. The number of hydrogen-bond donors (Lipinski definition) is 2. The first-order valence-electron chi connectivity index (χ1n) is 10.0. The lowest BCUT2D eigenvalue weighted by atomic mass is 9.89. The number of aryl methyl sites for hydroxylation is 1. The number of nitrogens with zero attached hydrogens (tertiary/aromatic N) is 2. The van der Waals surface area contributed by atoms with Crippen LogP contribution >= 0.6 is 11.3 Å². The van der Waals surface area contributed by atoms with Gasteiger partial charge in [0, 0.05) is 29.7 Å². The summed E-state index contributed by atoms with van der Waals surface area (Å²) in [5.74, 6) is 0.677. The second kappa shape index (κ2) is 7.01. The molecule has 3 N–H and O–H groups in total. The maximum absolute atomic E-state index is 13.3. The molecule has 5 rings (SSSR count). The molecule has 3 aromatic rings. The Morgan fingerprint density at radius 1 is 1.33 bits per heavy atom. The van der Waals surface area contributed by atoms with Gasteiger partial charge in [-0.1, -0.05) is 12.1 Å². The summed E-state index contributed by atoms with van der Waals surface area (Å²) in [6.07, 6.45) is 0. The van der Waals surface area contributed by atoms with Gasteiger partial charge in [0.05, 0.1) is 17.2 Å². The number of piperazine rings is 1. The Morgan fingerprint density at radius 2 is 2.17 bits per heavy atom. The van der Waals surface area contributed by atoms with Crippen LogP contribution in [0.3, 0.4) is 0 Å². The van der Waals surface area contributed by atoms with Crippen molar-refractivity contribution in [2.75, 3.05) is 32.0 Å². The van der Waals surface area contributed by atoms with E-state index >= 15 is 0 Å². The normalized spacial score (nSPS) is 18.4. The minimum Gasteiger partial charge on any atom is -0.490 e. The number of nitrogens with one attached hydrogen (secondary N) is 1. The van der Waals surface area contributed by atoms with Gasteiger partial charge in [-0.15, -0.1) is 11.3 Å². The van der Waals surface area contributed by atoms with Crippen molar-refractivity contribution in [3.8, 4) is 22.9 Å². The summed E-state index contributed by atoms with van der Waals surface area (Å²) in [4.78, 5) is 15.2. The van der Waals surface area contributed by atoms with E-state index in [0.717, 1.165) is 45.4 Å². The van der Waals surface area contributed by atoms with E-state index in [1.54, 1.807) is 0 Å². The molecule has 152 valence electrons. The zero-order valence-corrected chi connectivity index (χ0v) is 17.7. The van der Waals surface area contributed by atoms with Gasteiger partial charge in [-0.05, 0) is 48.2 Å². The summed E-state index contributed by atoms with van der Waals surface area (Å²) in [5, 5.41) is 14.4. The zero-order valence-electron chi connectivity index (χ0n) is 16.9. The molecule has 1 amide bonds. The number of nitrogens with two attached hydrogens (primary N) is 1. The van der Waals surface area contributed by atoms with Crippen molar-refractivity contribution < 1.29 is 9.53 Å². The van der Waals surface area contributed by atoms with Gasteiger partial charge in [-0.3, -0.25) is 4.79 Å². The fraction of sp³-hybridized carbons (Fsp3) is 0.304. The SMILES string of the molecule is Cc1cc2c(c(C)c1-c1cccc3sc(N)c(C#N)c13)OC[C@H]1CNCCN1C2=O. The number of fused-ring (bicyclic) bond motifs is 3. The predicted molar refractivity (Wildman–Crippen MR) is 119 cm³/mol. The van der Waals surface area contributed by atoms with Crippen LogP contribution in [0.25, 0.3) is 21.2 Å². The third-order valence-electron chi connectivity index (χ3n) is 6.10. The van der Waals surface area contributed by atoms with E-state index in [1.807, 2.05) is 43.0 Å². The van der Waals surface area contributed by atoms with Gasteiger partial charge in [0.2, 0.25) is 0 Å². The number of hydrogen-bond acceptors (Lipinski definition) is 6. The topological polar surface area (TPSA) is 91.4 Å². The van der Waals surface area contributed by atoms with Crippen molar-refractivity contribution in [1.29, 1.82) is 5.26 Å². The summed E-state index contributed by atoms with van der Waals surface area (Å²) < 4.78 is 7.20. The second-order valence-corrected chi connectivity index (χ2v) is 8.95. The standard InChI is InChI=1S/C23H22N4O2S/c1-12-8-16-21(29-11-14-10-26-6-7-27(14)23(16)28)13(2)19(12)15-4-3-5-18-20(15)17(9-24)22(25)30-18/h3-5,8,14,26H,6-7,10-11,25H2,1-2H3/t14-/m1/s1. The molecule has 1 aromatic heterocycles. The fourth-order valence-electron chi connectivity index (χ4n) is 4.72. The molecule has 2 aliphatic heterocycles. The van der Waals surface area contributed by atoms with E-state index in [9.17, 15) is 10.1 Å². The third kappa shape index (κ3) is 2.68. The minimum atomic E-state index is 0.0300. The number of carbonyl (C=O) groups excluding carboxylic acids is 1.